The van der Waals surface area contributed by atoms with E-state index in [1.807, 2.05) is 12.3 Å². The highest BCUT2D eigenvalue weighted by atomic mass is 35.5. The van der Waals surface area contributed by atoms with Crippen LogP contribution in [0.1, 0.15) is 26.2 Å². The Labute approximate surface area is 100 Å². The molecule has 0 amide bonds. The van der Waals surface area contributed by atoms with Crippen molar-refractivity contribution in [1.29, 1.82) is 0 Å². The number of halogens is 1. The van der Waals surface area contributed by atoms with E-state index >= 15 is 0 Å². The number of rotatable bonds is 3. The number of aromatic nitrogens is 2. The molecule has 0 radical (unpaired) electrons. The van der Waals surface area contributed by atoms with Crippen LogP contribution in [0.3, 0.4) is 0 Å². The zero-order valence-electron chi connectivity index (χ0n) is 9.41. The summed E-state index contributed by atoms with van der Waals surface area (Å²) >= 11 is 5.38. The van der Waals surface area contributed by atoms with Crippen molar-refractivity contribution in [3.05, 3.63) is 24.4 Å². The minimum atomic E-state index is 0.827. The highest BCUT2D eigenvalue weighted by molar-refractivity contribution is 6.17. The van der Waals surface area contributed by atoms with E-state index in [1.165, 1.54) is 24.6 Å². The van der Waals surface area contributed by atoms with E-state index in [-0.39, 0.29) is 0 Å². The number of hydrogen-bond acceptors (Lipinski definition) is 2. The third-order valence-corrected chi connectivity index (χ3v) is 2.84. The Hall–Kier alpha value is -1.15. The summed E-state index contributed by atoms with van der Waals surface area (Å²) < 4.78 is 0. The zero-order valence-corrected chi connectivity index (χ0v) is 10.2. The highest BCUT2D eigenvalue weighted by Gasteiger charge is 2.03. The van der Waals surface area contributed by atoms with Crippen molar-refractivity contribution in [1.82, 2.24) is 9.97 Å². The molecule has 4 heterocycles. The van der Waals surface area contributed by atoms with Crippen molar-refractivity contribution < 1.29 is 0 Å². The molecule has 0 aliphatic carbocycles. The van der Waals surface area contributed by atoms with E-state index in [9.17, 15) is 0 Å². The smallest absolute Gasteiger partial charge is 0.0894 e. The van der Waals surface area contributed by atoms with Gasteiger partial charge in [0.1, 0.15) is 0 Å². The van der Waals surface area contributed by atoms with E-state index < -0.39 is 0 Å². The fraction of sp³-hybridized carbons (Fsp3) is 0.385. The fourth-order valence-electron chi connectivity index (χ4n) is 1.65. The van der Waals surface area contributed by atoms with Gasteiger partial charge in [-0.1, -0.05) is 25.8 Å². The predicted octanol–water partition coefficient (Wildman–Crippen LogP) is 4.07. The van der Waals surface area contributed by atoms with Gasteiger partial charge in [0.2, 0.25) is 0 Å². The standard InChI is InChI=1S/C8H4N2.C5H11Cl/c1-2-6-7-3-5(1)8(10-6)4-9-7;1-2-3-4-5-6/h1-4H;2-5H2,1H3. The van der Waals surface area contributed by atoms with Crippen LogP contribution in [-0.4, -0.2) is 15.8 Å². The summed E-state index contributed by atoms with van der Waals surface area (Å²) in [6, 6.07) is 6.15. The van der Waals surface area contributed by atoms with Crippen LogP contribution in [0, 0.1) is 0 Å². The van der Waals surface area contributed by atoms with E-state index in [0.717, 1.165) is 22.4 Å². The van der Waals surface area contributed by atoms with Gasteiger partial charge in [0.15, 0.2) is 0 Å². The van der Waals surface area contributed by atoms with Crippen LogP contribution in [-0.2, 0) is 0 Å². The Morgan fingerprint density at radius 2 is 2.00 bits per heavy atom. The molecule has 1 aromatic carbocycles. The molecule has 5 aromatic rings. The molecule has 0 unspecified atom stereocenters. The van der Waals surface area contributed by atoms with Gasteiger partial charge >= 0.3 is 0 Å². The predicted molar refractivity (Wildman–Crippen MR) is 69.7 cm³/mol. The quantitative estimate of drug-likeness (QED) is 0.504. The maximum Gasteiger partial charge on any atom is 0.0894 e. The van der Waals surface area contributed by atoms with Crippen molar-refractivity contribution in [2.75, 3.05) is 5.88 Å². The van der Waals surface area contributed by atoms with E-state index in [1.54, 1.807) is 0 Å². The first kappa shape index (κ1) is 11.3. The van der Waals surface area contributed by atoms with Crippen LogP contribution < -0.4 is 0 Å². The molecule has 0 saturated carbocycles. The van der Waals surface area contributed by atoms with Crippen LogP contribution in [0.4, 0.5) is 0 Å². The van der Waals surface area contributed by atoms with Gasteiger partial charge in [-0.25, -0.2) is 4.98 Å². The Balaban J connectivity index is 0.000000142. The molecule has 84 valence electrons. The molecule has 5 rings (SSSR count). The molecule has 0 aliphatic rings. The lowest BCUT2D eigenvalue weighted by Crippen LogP contribution is -1.89. The fourth-order valence-corrected chi connectivity index (χ4v) is 1.84. The molecule has 3 heteroatoms. The molecule has 0 fully saturated rings. The Bertz CT molecular complexity index is 435. The summed E-state index contributed by atoms with van der Waals surface area (Å²) in [5, 5.41) is 1.19. The summed E-state index contributed by atoms with van der Waals surface area (Å²) in [7, 11) is 0. The van der Waals surface area contributed by atoms with Crippen molar-refractivity contribution in [3.63, 3.8) is 0 Å². The number of benzene rings is 1. The topological polar surface area (TPSA) is 25.8 Å². The minimum Gasteiger partial charge on any atom is -0.252 e. The SMILES string of the molecule is CCCCCCl.c1cc2nc3cnc2cc13. The second-order valence-corrected chi connectivity index (χ2v) is 4.23. The monoisotopic (exact) mass is 234 g/mol. The number of unbranched alkanes of at least 4 members (excludes halogenated alkanes) is 2. The third-order valence-electron chi connectivity index (χ3n) is 2.58. The van der Waals surface area contributed by atoms with Gasteiger partial charge in [-0.05, 0) is 18.6 Å². The molecule has 16 heavy (non-hydrogen) atoms. The van der Waals surface area contributed by atoms with Crippen molar-refractivity contribution in [2.24, 2.45) is 0 Å². The Kier molecular flexibility index (Phi) is 3.73. The molecular formula is C13H15ClN2. The average molecular weight is 235 g/mol. The van der Waals surface area contributed by atoms with E-state index in [0.29, 0.717) is 0 Å². The first-order valence-electron chi connectivity index (χ1n) is 5.68. The second-order valence-electron chi connectivity index (χ2n) is 3.85. The molecule has 0 saturated heterocycles. The van der Waals surface area contributed by atoms with Crippen LogP contribution >= 0.6 is 11.6 Å². The molecule has 4 bridgehead atoms. The lowest BCUT2D eigenvalue weighted by molar-refractivity contribution is 0.776. The molecule has 0 N–H and O–H groups in total. The number of hydrogen-bond donors (Lipinski definition) is 0. The van der Waals surface area contributed by atoms with E-state index in [4.69, 9.17) is 11.6 Å². The number of fused-ring (bicyclic) bond motifs is 2. The summed E-state index contributed by atoms with van der Waals surface area (Å²) in [6.45, 7) is 2.17. The molecule has 4 aromatic heterocycles. The van der Waals surface area contributed by atoms with E-state index in [2.05, 4.69) is 29.0 Å². The Morgan fingerprint density at radius 3 is 2.38 bits per heavy atom. The van der Waals surface area contributed by atoms with Crippen molar-refractivity contribution in [3.8, 4) is 0 Å². The van der Waals surface area contributed by atoms with Gasteiger partial charge in [0.25, 0.3) is 0 Å². The Morgan fingerprint density at radius 1 is 1.12 bits per heavy atom. The van der Waals surface area contributed by atoms with Gasteiger partial charge in [-0.3, -0.25) is 4.98 Å². The lowest BCUT2D eigenvalue weighted by Gasteiger charge is -2.03. The summed E-state index contributed by atoms with van der Waals surface area (Å²) in [4.78, 5) is 8.49. The molecular weight excluding hydrogens is 220 g/mol. The normalized spacial score (nSPS) is 10.9. The second kappa shape index (κ2) is 5.26. The third kappa shape index (κ3) is 2.33. The van der Waals surface area contributed by atoms with Crippen molar-refractivity contribution >= 4 is 33.5 Å². The number of nitrogens with zero attached hydrogens (tertiary/aromatic N) is 2. The zero-order chi connectivity index (χ0) is 11.4. The van der Waals surface area contributed by atoms with Gasteiger partial charge < -0.3 is 0 Å². The average Bonchev–Trinajstić information content (AvgIpc) is 2.37. The van der Waals surface area contributed by atoms with Crippen molar-refractivity contribution in [2.45, 2.75) is 26.2 Å². The minimum absolute atomic E-state index is 0.827. The van der Waals surface area contributed by atoms with Gasteiger partial charge in [0, 0.05) is 11.3 Å². The van der Waals surface area contributed by atoms with Gasteiger partial charge in [-0.2, -0.15) is 0 Å². The van der Waals surface area contributed by atoms with Crippen LogP contribution in [0.2, 0.25) is 0 Å². The first-order chi connectivity index (χ1) is 7.85. The van der Waals surface area contributed by atoms with Crippen LogP contribution in [0.5, 0.6) is 0 Å². The maximum absolute atomic E-state index is 5.38. The lowest BCUT2D eigenvalue weighted by atomic mass is 10.1. The number of alkyl halides is 1. The largest absolute Gasteiger partial charge is 0.252 e. The molecule has 0 spiro atoms. The van der Waals surface area contributed by atoms with Crippen LogP contribution in [0.25, 0.3) is 21.9 Å². The molecule has 0 atom stereocenters. The summed E-state index contributed by atoms with van der Waals surface area (Å²) in [5.74, 6) is 0.827. The maximum atomic E-state index is 5.38. The van der Waals surface area contributed by atoms with Crippen LogP contribution in [0.15, 0.2) is 24.4 Å². The van der Waals surface area contributed by atoms with Gasteiger partial charge in [0.05, 0.1) is 22.7 Å². The first-order valence-corrected chi connectivity index (χ1v) is 6.21. The summed E-state index contributed by atoms with van der Waals surface area (Å²) in [5.41, 5.74) is 3.02. The highest BCUT2D eigenvalue weighted by Crippen LogP contribution is 2.21. The summed E-state index contributed by atoms with van der Waals surface area (Å²) in [6.07, 6.45) is 5.55. The van der Waals surface area contributed by atoms with Gasteiger partial charge in [-0.15, -0.1) is 11.6 Å². The molecule has 2 nitrogen and oxygen atoms in total. The number of pyridine rings is 3. The molecule has 0 aliphatic heterocycles.